The Morgan fingerprint density at radius 1 is 1.24 bits per heavy atom. The van der Waals surface area contributed by atoms with E-state index in [-0.39, 0.29) is 10.9 Å². The summed E-state index contributed by atoms with van der Waals surface area (Å²) in [5.74, 6) is 1.00. The summed E-state index contributed by atoms with van der Waals surface area (Å²) >= 11 is 3.33. The van der Waals surface area contributed by atoms with Crippen molar-refractivity contribution in [3.8, 4) is 5.75 Å². The molecule has 4 nitrogen and oxygen atoms in total. The molecule has 2 atom stereocenters. The van der Waals surface area contributed by atoms with Gasteiger partial charge in [0.15, 0.2) is 0 Å². The maximum absolute atomic E-state index is 12.5. The molecule has 1 N–H and O–H groups in total. The largest absolute Gasteiger partial charge is 0.496 e. The van der Waals surface area contributed by atoms with E-state index >= 15 is 0 Å². The molecular formula is C15H22BrNO3S. The van der Waals surface area contributed by atoms with Crippen molar-refractivity contribution in [1.29, 1.82) is 0 Å². The molecule has 1 saturated carbocycles. The molecule has 118 valence electrons. The highest BCUT2D eigenvalue weighted by atomic mass is 79.9. The number of hydrogen-bond donors (Lipinski definition) is 1. The number of halogens is 1. The Kier molecular flexibility index (Phi) is 5.68. The first-order valence-corrected chi connectivity index (χ1v) is 9.57. The zero-order valence-corrected chi connectivity index (χ0v) is 14.8. The lowest BCUT2D eigenvalue weighted by Crippen LogP contribution is -2.38. The van der Waals surface area contributed by atoms with E-state index in [0.717, 1.165) is 19.3 Å². The van der Waals surface area contributed by atoms with Gasteiger partial charge in [-0.1, -0.05) is 26.2 Å². The molecule has 0 saturated heterocycles. The Labute approximate surface area is 135 Å². The van der Waals surface area contributed by atoms with E-state index in [1.165, 1.54) is 12.8 Å². The summed E-state index contributed by atoms with van der Waals surface area (Å²) < 4.78 is 33.7. The van der Waals surface area contributed by atoms with Crippen LogP contribution in [0.5, 0.6) is 5.75 Å². The van der Waals surface area contributed by atoms with E-state index in [2.05, 4.69) is 27.6 Å². The quantitative estimate of drug-likeness (QED) is 0.816. The number of nitrogens with one attached hydrogen (secondary N) is 1. The fourth-order valence-corrected chi connectivity index (χ4v) is 4.85. The molecule has 1 aliphatic rings. The molecule has 21 heavy (non-hydrogen) atoms. The Bertz CT molecular complexity index is 589. The van der Waals surface area contributed by atoms with Crippen molar-refractivity contribution in [3.63, 3.8) is 0 Å². The van der Waals surface area contributed by atoms with Crippen molar-refractivity contribution < 1.29 is 13.2 Å². The number of sulfonamides is 1. The third kappa shape index (κ3) is 4.20. The van der Waals surface area contributed by atoms with Gasteiger partial charge in [0.25, 0.3) is 0 Å². The molecule has 1 aromatic rings. The molecule has 6 heteroatoms. The Balaban J connectivity index is 2.19. The molecule has 0 aromatic heterocycles. The van der Waals surface area contributed by atoms with Gasteiger partial charge < -0.3 is 4.74 Å². The maximum atomic E-state index is 12.5. The zero-order chi connectivity index (χ0) is 15.5. The normalized spacial score (nSPS) is 23.6. The average molecular weight is 376 g/mol. The highest BCUT2D eigenvalue weighted by molar-refractivity contribution is 9.10. The molecule has 0 heterocycles. The van der Waals surface area contributed by atoms with Gasteiger partial charge in [-0.15, -0.1) is 0 Å². The van der Waals surface area contributed by atoms with Gasteiger partial charge in [-0.2, -0.15) is 0 Å². The van der Waals surface area contributed by atoms with Gasteiger partial charge in [-0.05, 0) is 52.9 Å². The van der Waals surface area contributed by atoms with E-state index in [4.69, 9.17) is 4.74 Å². The fraction of sp³-hybridized carbons (Fsp3) is 0.600. The highest BCUT2D eigenvalue weighted by Gasteiger charge is 2.26. The van der Waals surface area contributed by atoms with Gasteiger partial charge >= 0.3 is 0 Å². The van der Waals surface area contributed by atoms with Crippen LogP contribution in [0.15, 0.2) is 27.6 Å². The van der Waals surface area contributed by atoms with Crippen LogP contribution in [0.2, 0.25) is 0 Å². The Morgan fingerprint density at radius 2 is 1.95 bits per heavy atom. The summed E-state index contributed by atoms with van der Waals surface area (Å²) in [6, 6.07) is 4.85. The van der Waals surface area contributed by atoms with Gasteiger partial charge in [0.1, 0.15) is 5.75 Å². The Morgan fingerprint density at radius 3 is 2.62 bits per heavy atom. The topological polar surface area (TPSA) is 55.4 Å². The van der Waals surface area contributed by atoms with Crippen molar-refractivity contribution in [2.24, 2.45) is 5.92 Å². The number of ether oxygens (including phenoxy) is 1. The third-order valence-corrected chi connectivity index (χ3v) is 6.21. The fourth-order valence-electron chi connectivity index (χ4n) is 2.75. The van der Waals surface area contributed by atoms with Crippen LogP contribution in [0, 0.1) is 5.92 Å². The van der Waals surface area contributed by atoms with Crippen LogP contribution in [0.4, 0.5) is 0 Å². The lowest BCUT2D eigenvalue weighted by Gasteiger charge is -2.22. The van der Waals surface area contributed by atoms with E-state index in [1.54, 1.807) is 25.3 Å². The van der Waals surface area contributed by atoms with Crippen LogP contribution in [0.25, 0.3) is 0 Å². The summed E-state index contributed by atoms with van der Waals surface area (Å²) in [7, 11) is -1.94. The monoisotopic (exact) mass is 375 g/mol. The molecule has 2 rings (SSSR count). The lowest BCUT2D eigenvalue weighted by atomic mass is 9.98. The summed E-state index contributed by atoms with van der Waals surface area (Å²) in [6.07, 6.45) is 5.46. The van der Waals surface area contributed by atoms with Gasteiger partial charge in [0.05, 0.1) is 16.5 Å². The molecule has 0 aliphatic heterocycles. The summed E-state index contributed by atoms with van der Waals surface area (Å²) in [4.78, 5) is 0.270. The van der Waals surface area contributed by atoms with Crippen LogP contribution in [-0.2, 0) is 10.0 Å². The molecule has 0 radical (unpaired) electrons. The summed E-state index contributed by atoms with van der Waals surface area (Å²) in [6.45, 7) is 2.13. The molecule has 1 aromatic carbocycles. The summed E-state index contributed by atoms with van der Waals surface area (Å²) in [5, 5.41) is 0. The van der Waals surface area contributed by atoms with Crippen LogP contribution in [0.1, 0.15) is 39.0 Å². The average Bonchev–Trinajstić information content (AvgIpc) is 2.64. The van der Waals surface area contributed by atoms with E-state index in [1.807, 2.05) is 0 Å². The van der Waals surface area contributed by atoms with Gasteiger partial charge in [0.2, 0.25) is 10.0 Å². The molecule has 0 amide bonds. The molecule has 2 unspecified atom stereocenters. The minimum absolute atomic E-state index is 0.0263. The molecule has 1 aliphatic carbocycles. The third-order valence-electron chi connectivity index (χ3n) is 4.10. The van der Waals surface area contributed by atoms with Crippen LogP contribution >= 0.6 is 15.9 Å². The van der Waals surface area contributed by atoms with E-state index < -0.39 is 10.0 Å². The first-order chi connectivity index (χ1) is 9.94. The summed E-state index contributed by atoms with van der Waals surface area (Å²) in [5.41, 5.74) is 0. The second-order valence-corrected chi connectivity index (χ2v) is 8.21. The van der Waals surface area contributed by atoms with Crippen LogP contribution in [-0.4, -0.2) is 21.6 Å². The van der Waals surface area contributed by atoms with Crippen molar-refractivity contribution in [2.75, 3.05) is 7.11 Å². The molecular weight excluding hydrogens is 354 g/mol. The number of hydrogen-bond acceptors (Lipinski definition) is 3. The van der Waals surface area contributed by atoms with E-state index in [0.29, 0.717) is 16.1 Å². The number of methoxy groups -OCH3 is 1. The first-order valence-electron chi connectivity index (χ1n) is 7.30. The van der Waals surface area contributed by atoms with Gasteiger partial charge in [0, 0.05) is 6.04 Å². The van der Waals surface area contributed by atoms with Crippen molar-refractivity contribution >= 4 is 26.0 Å². The van der Waals surface area contributed by atoms with Crippen molar-refractivity contribution in [3.05, 3.63) is 22.7 Å². The van der Waals surface area contributed by atoms with Crippen LogP contribution in [0.3, 0.4) is 0 Å². The van der Waals surface area contributed by atoms with Gasteiger partial charge in [-0.3, -0.25) is 0 Å². The van der Waals surface area contributed by atoms with Crippen molar-refractivity contribution in [2.45, 2.75) is 50.0 Å². The first kappa shape index (κ1) is 16.8. The highest BCUT2D eigenvalue weighted by Crippen LogP contribution is 2.29. The molecule has 0 bridgehead atoms. The minimum atomic E-state index is -3.49. The maximum Gasteiger partial charge on any atom is 0.240 e. The molecule has 1 fully saturated rings. The van der Waals surface area contributed by atoms with E-state index in [9.17, 15) is 8.42 Å². The lowest BCUT2D eigenvalue weighted by molar-refractivity contribution is 0.399. The van der Waals surface area contributed by atoms with Crippen LogP contribution < -0.4 is 9.46 Å². The zero-order valence-electron chi connectivity index (χ0n) is 12.4. The molecule has 0 spiro atoms. The SMILES string of the molecule is COc1ccc(S(=O)(=O)NC2CCCCCC2C)cc1Br. The standard InChI is InChI=1S/C15H22BrNO3S/c1-11-6-4-3-5-7-14(11)17-21(18,19)12-8-9-15(20-2)13(16)10-12/h8-11,14,17H,3-7H2,1-2H3. The number of benzene rings is 1. The van der Waals surface area contributed by atoms with Gasteiger partial charge in [-0.25, -0.2) is 13.1 Å². The second-order valence-electron chi connectivity index (χ2n) is 5.64. The minimum Gasteiger partial charge on any atom is -0.496 e. The number of rotatable bonds is 4. The second kappa shape index (κ2) is 7.11. The predicted octanol–water partition coefficient (Wildman–Crippen LogP) is 3.70. The van der Waals surface area contributed by atoms with Crippen molar-refractivity contribution in [1.82, 2.24) is 4.72 Å². The smallest absolute Gasteiger partial charge is 0.240 e. The predicted molar refractivity (Wildman–Crippen MR) is 87.1 cm³/mol. The Hall–Kier alpha value is -0.590.